The van der Waals surface area contributed by atoms with Crippen molar-refractivity contribution in [1.29, 1.82) is 0 Å². The zero-order valence-corrected chi connectivity index (χ0v) is 21.6. The molecular weight excluding hydrogens is 496 g/mol. The van der Waals surface area contributed by atoms with Crippen molar-refractivity contribution in [2.45, 2.75) is 9.79 Å². The quantitative estimate of drug-likeness (QED) is 0.230. The first-order valence-corrected chi connectivity index (χ1v) is 13.8. The number of hydrogen-bond donors (Lipinski definition) is 0. The molecule has 0 fully saturated rings. The molecule has 0 amide bonds. The van der Waals surface area contributed by atoms with Crippen LogP contribution < -0.4 is 0 Å². The average Bonchev–Trinajstić information content (AvgIpc) is 3.50. The van der Waals surface area contributed by atoms with Gasteiger partial charge in [0.2, 0.25) is 5.95 Å². The summed E-state index contributed by atoms with van der Waals surface area (Å²) in [6, 6.07) is 42.8. The van der Waals surface area contributed by atoms with Gasteiger partial charge in [0.15, 0.2) is 0 Å². The second-order valence-corrected chi connectivity index (χ2v) is 10.9. The van der Waals surface area contributed by atoms with Gasteiger partial charge in [-0.1, -0.05) is 90.6 Å². The number of aromatic nitrogens is 4. The van der Waals surface area contributed by atoms with E-state index in [1.165, 1.54) is 31.5 Å². The van der Waals surface area contributed by atoms with Crippen LogP contribution in [0.1, 0.15) is 0 Å². The van der Waals surface area contributed by atoms with Gasteiger partial charge in [0, 0.05) is 42.6 Å². The topological polar surface area (TPSA) is 35.6 Å². The maximum atomic E-state index is 5.35. The molecule has 9 rings (SSSR count). The third-order valence-electron chi connectivity index (χ3n) is 7.73. The highest BCUT2D eigenvalue weighted by Crippen LogP contribution is 2.47. The van der Waals surface area contributed by atoms with Crippen LogP contribution in [0.2, 0.25) is 0 Å². The molecule has 0 saturated heterocycles. The predicted octanol–water partition coefficient (Wildman–Crippen LogP) is 8.80. The van der Waals surface area contributed by atoms with E-state index in [4.69, 9.17) is 9.97 Å². The van der Waals surface area contributed by atoms with Gasteiger partial charge in [0.1, 0.15) is 5.65 Å². The molecule has 5 aromatic carbocycles. The summed E-state index contributed by atoms with van der Waals surface area (Å²) in [5.74, 6) is 0.683. The summed E-state index contributed by atoms with van der Waals surface area (Å²) in [6.45, 7) is 0. The van der Waals surface area contributed by atoms with Crippen LogP contribution in [-0.2, 0) is 0 Å². The molecule has 0 unspecified atom stereocenters. The van der Waals surface area contributed by atoms with Crippen LogP contribution in [0.25, 0.3) is 66.6 Å². The van der Waals surface area contributed by atoms with E-state index in [1.807, 2.05) is 0 Å². The Morgan fingerprint density at radius 1 is 0.513 bits per heavy atom. The van der Waals surface area contributed by atoms with Gasteiger partial charge < -0.3 is 0 Å². The summed E-state index contributed by atoms with van der Waals surface area (Å²) < 4.78 is 4.61. The van der Waals surface area contributed by atoms with Crippen LogP contribution in [0.3, 0.4) is 0 Å². The molecule has 1 aliphatic heterocycles. The zero-order valence-electron chi connectivity index (χ0n) is 20.7. The molecule has 39 heavy (non-hydrogen) atoms. The minimum Gasteiger partial charge on any atom is -0.295 e. The zero-order chi connectivity index (χ0) is 25.5. The largest absolute Gasteiger partial charge is 0.295 e. The van der Waals surface area contributed by atoms with Crippen molar-refractivity contribution in [3.05, 3.63) is 121 Å². The fourth-order valence-corrected chi connectivity index (χ4v) is 7.24. The number of para-hydroxylation sites is 3. The molecule has 0 bridgehead atoms. The third kappa shape index (κ3) is 2.85. The molecule has 0 N–H and O–H groups in total. The lowest BCUT2D eigenvalue weighted by atomic mass is 10.1. The van der Waals surface area contributed by atoms with E-state index < -0.39 is 0 Å². The molecule has 4 heterocycles. The van der Waals surface area contributed by atoms with Gasteiger partial charge in [0.25, 0.3) is 0 Å². The van der Waals surface area contributed by atoms with Crippen LogP contribution in [0.4, 0.5) is 0 Å². The normalized spacial score (nSPS) is 12.5. The van der Waals surface area contributed by atoms with Crippen molar-refractivity contribution in [2.75, 3.05) is 0 Å². The summed E-state index contributed by atoms with van der Waals surface area (Å²) in [7, 11) is 0. The Kier molecular flexibility index (Phi) is 4.23. The highest BCUT2D eigenvalue weighted by Gasteiger charge is 2.26. The van der Waals surface area contributed by atoms with E-state index in [0.717, 1.165) is 39.0 Å². The van der Waals surface area contributed by atoms with Gasteiger partial charge in [-0.25, -0.2) is 9.97 Å². The number of rotatable bonds is 2. The second kappa shape index (κ2) is 7.82. The first kappa shape index (κ1) is 21.1. The van der Waals surface area contributed by atoms with Crippen LogP contribution in [-0.4, -0.2) is 19.1 Å². The Morgan fingerprint density at radius 3 is 2.00 bits per heavy atom. The molecular formula is C34H20N4S. The van der Waals surface area contributed by atoms with E-state index in [9.17, 15) is 0 Å². The second-order valence-electron chi connectivity index (χ2n) is 9.86. The molecule has 8 aromatic rings. The maximum Gasteiger partial charge on any atom is 0.236 e. The van der Waals surface area contributed by atoms with Crippen molar-refractivity contribution < 1.29 is 0 Å². The Labute approximate surface area is 228 Å². The lowest BCUT2D eigenvalue weighted by Gasteiger charge is -2.20. The van der Waals surface area contributed by atoms with E-state index in [1.54, 1.807) is 11.8 Å². The number of fused-ring (bicyclic) bond motifs is 7. The molecule has 0 atom stereocenters. The van der Waals surface area contributed by atoms with Crippen molar-refractivity contribution >= 4 is 55.5 Å². The average molecular weight is 517 g/mol. The van der Waals surface area contributed by atoms with Crippen molar-refractivity contribution in [3.63, 3.8) is 0 Å². The number of hydrogen-bond acceptors (Lipinski definition) is 3. The van der Waals surface area contributed by atoms with Gasteiger partial charge in [-0.2, -0.15) is 0 Å². The molecule has 5 heteroatoms. The summed E-state index contributed by atoms with van der Waals surface area (Å²) in [4.78, 5) is 13.0. The molecule has 0 radical (unpaired) electrons. The van der Waals surface area contributed by atoms with Crippen LogP contribution >= 0.6 is 11.8 Å². The first-order chi connectivity index (χ1) is 19.4. The summed E-state index contributed by atoms with van der Waals surface area (Å²) in [5.41, 5.74) is 7.56. The molecule has 0 saturated carbocycles. The molecule has 182 valence electrons. The Hall–Kier alpha value is -4.87. The highest BCUT2D eigenvalue weighted by molar-refractivity contribution is 7.99. The van der Waals surface area contributed by atoms with Gasteiger partial charge in [-0.05, 0) is 42.5 Å². The molecule has 0 aliphatic carbocycles. The van der Waals surface area contributed by atoms with Crippen LogP contribution in [0, 0.1) is 0 Å². The summed E-state index contributed by atoms with van der Waals surface area (Å²) in [5, 5.41) is 4.76. The summed E-state index contributed by atoms with van der Waals surface area (Å²) in [6.07, 6.45) is 0. The van der Waals surface area contributed by atoms with Crippen molar-refractivity contribution in [3.8, 4) is 22.9 Å². The highest BCUT2D eigenvalue weighted by atomic mass is 32.2. The van der Waals surface area contributed by atoms with E-state index in [-0.39, 0.29) is 0 Å². The Morgan fingerprint density at radius 2 is 1.18 bits per heavy atom. The van der Waals surface area contributed by atoms with Crippen LogP contribution in [0.5, 0.6) is 0 Å². The standard InChI is InChI=1S/C34H20N4S/c1-2-11-21(12-3-1)37-26-17-7-4-13-22(26)30-23-14-5-8-18-27(23)38(33(30)37)34-35-25-16-10-20-29-31(25)32(36-34)24-15-6-9-19-28(24)39-29/h1-20H. The Balaban J connectivity index is 1.49. The molecule has 3 aromatic heterocycles. The first-order valence-electron chi connectivity index (χ1n) is 13.0. The fourth-order valence-electron chi connectivity index (χ4n) is 6.13. The molecule has 1 aliphatic rings. The number of benzene rings is 5. The van der Waals surface area contributed by atoms with Gasteiger partial charge in [-0.15, -0.1) is 0 Å². The predicted molar refractivity (Wildman–Crippen MR) is 160 cm³/mol. The van der Waals surface area contributed by atoms with Gasteiger partial charge >= 0.3 is 0 Å². The van der Waals surface area contributed by atoms with Gasteiger partial charge in [-0.3, -0.25) is 9.13 Å². The minimum atomic E-state index is 0.683. The molecule has 4 nitrogen and oxygen atoms in total. The molecule has 0 spiro atoms. The lowest BCUT2D eigenvalue weighted by molar-refractivity contribution is 0.973. The Bertz CT molecular complexity index is 2260. The van der Waals surface area contributed by atoms with Crippen molar-refractivity contribution in [1.82, 2.24) is 19.1 Å². The summed E-state index contributed by atoms with van der Waals surface area (Å²) >= 11 is 1.80. The third-order valence-corrected chi connectivity index (χ3v) is 8.86. The monoisotopic (exact) mass is 516 g/mol. The van der Waals surface area contributed by atoms with Crippen molar-refractivity contribution in [2.24, 2.45) is 0 Å². The van der Waals surface area contributed by atoms with E-state index in [0.29, 0.717) is 5.95 Å². The smallest absolute Gasteiger partial charge is 0.236 e. The van der Waals surface area contributed by atoms with Crippen LogP contribution in [0.15, 0.2) is 131 Å². The van der Waals surface area contributed by atoms with E-state index >= 15 is 0 Å². The van der Waals surface area contributed by atoms with E-state index in [2.05, 4.69) is 130 Å². The SMILES string of the molecule is c1ccc(-n2c3ccccc3c3c4ccccc4n(-c4nc5c6c(cccc6n4)Sc4ccccc4-5)c32)cc1. The maximum absolute atomic E-state index is 5.35. The van der Waals surface area contributed by atoms with Gasteiger partial charge in [0.05, 0.1) is 22.2 Å². The minimum absolute atomic E-state index is 0.683. The number of nitrogens with zero attached hydrogens (tertiary/aromatic N) is 4. The lowest BCUT2D eigenvalue weighted by Crippen LogP contribution is -2.08. The fraction of sp³-hybridized carbons (Fsp3) is 0.